The molecule has 0 spiro atoms. The lowest BCUT2D eigenvalue weighted by Gasteiger charge is -2.25. The second-order valence-corrected chi connectivity index (χ2v) is 9.64. The van der Waals surface area contributed by atoms with E-state index >= 15 is 0 Å². The van der Waals surface area contributed by atoms with Crippen molar-refractivity contribution >= 4 is 44.0 Å². The van der Waals surface area contributed by atoms with Crippen molar-refractivity contribution in [3.8, 4) is 0 Å². The maximum absolute atomic E-state index is 13.7. The maximum atomic E-state index is 13.7. The van der Waals surface area contributed by atoms with E-state index in [1.807, 2.05) is 42.7 Å². The quantitative estimate of drug-likeness (QED) is 0.428. The fourth-order valence-corrected chi connectivity index (χ4v) is 5.14. The second kappa shape index (κ2) is 8.07. The Kier molecular flexibility index (Phi) is 5.17. The third-order valence-corrected chi connectivity index (χ3v) is 7.18. The third kappa shape index (κ3) is 3.43. The monoisotopic (exact) mass is 471 g/mol. The molecule has 5 rings (SSSR count). The Bertz CT molecular complexity index is 1630. The molecule has 170 valence electrons. The number of imidazole rings is 1. The predicted molar refractivity (Wildman–Crippen MR) is 127 cm³/mol. The van der Waals surface area contributed by atoms with Gasteiger partial charge in [-0.1, -0.05) is 54.1 Å². The molecule has 1 heterocycles. The Morgan fingerprint density at radius 2 is 1.59 bits per heavy atom. The molecule has 0 saturated carbocycles. The van der Waals surface area contributed by atoms with Crippen LogP contribution in [0.25, 0.3) is 22.5 Å². The number of ketones is 1. The number of benzene rings is 3. The molecule has 0 atom stereocenters. The Morgan fingerprint density at radius 3 is 2.29 bits per heavy atom. The Labute approximate surface area is 197 Å². The van der Waals surface area contributed by atoms with Crippen molar-refractivity contribution in [2.75, 3.05) is 0 Å². The molecule has 3 aromatic carbocycles. The van der Waals surface area contributed by atoms with Crippen molar-refractivity contribution in [2.24, 2.45) is 4.40 Å². The number of hydrogen-bond acceptors (Lipinski definition) is 4. The molecule has 1 aliphatic carbocycles. The summed E-state index contributed by atoms with van der Waals surface area (Å²) >= 11 is 0. The van der Waals surface area contributed by atoms with E-state index in [1.54, 1.807) is 41.2 Å². The van der Waals surface area contributed by atoms with Crippen molar-refractivity contribution in [3.63, 3.8) is 0 Å². The lowest BCUT2D eigenvalue weighted by atomic mass is 9.91. The number of nitrogens with zero attached hydrogens (tertiary/aromatic N) is 3. The number of hydrogen-bond donors (Lipinski definition) is 0. The standard InChI is InChI=1S/C26H21N3O4S/c1-3-28-16-29(22-11-7-6-10-21(22)28)24-23(25(30)19-8-4-5-9-20(19)26(24)31)27-34(32,33)18-14-12-17(2)13-15-18/h4-16H,3H2,1-2H3. The number of Topliss-reactive ketones (excluding diaryl/α,β-unsaturated/α-hetero) is 1. The van der Waals surface area contributed by atoms with Crippen molar-refractivity contribution in [3.05, 3.63) is 95.8 Å². The summed E-state index contributed by atoms with van der Waals surface area (Å²) in [5, 5.41) is 13.7. The highest BCUT2D eigenvalue weighted by molar-refractivity contribution is 7.90. The van der Waals surface area contributed by atoms with Gasteiger partial charge < -0.3 is 5.11 Å². The summed E-state index contributed by atoms with van der Waals surface area (Å²) in [5.41, 5.74) is 2.28. The van der Waals surface area contributed by atoms with Crippen LogP contribution in [0.15, 0.2) is 88.4 Å². The van der Waals surface area contributed by atoms with Crippen LogP contribution in [0, 0.1) is 6.92 Å². The van der Waals surface area contributed by atoms with Crippen LogP contribution < -0.4 is 9.67 Å². The number of allylic oxidation sites excluding steroid dienone is 1. The summed E-state index contributed by atoms with van der Waals surface area (Å²) in [4.78, 5) is 13.5. The Morgan fingerprint density at radius 1 is 0.941 bits per heavy atom. The molecular weight excluding hydrogens is 450 g/mol. The average molecular weight is 472 g/mol. The number of rotatable bonds is 4. The van der Waals surface area contributed by atoms with Crippen LogP contribution in [0.5, 0.6) is 0 Å². The fourth-order valence-electron chi connectivity index (χ4n) is 4.15. The minimum atomic E-state index is -4.25. The molecule has 0 amide bonds. The number of carbonyl (C=O) groups excluding carboxylic acids is 1. The first kappa shape index (κ1) is 21.8. The second-order valence-electron chi connectivity index (χ2n) is 8.04. The summed E-state index contributed by atoms with van der Waals surface area (Å²) in [6, 6.07) is 20.0. The highest BCUT2D eigenvalue weighted by Crippen LogP contribution is 2.32. The molecule has 0 radical (unpaired) electrons. The molecule has 1 aromatic heterocycles. The first-order valence-electron chi connectivity index (χ1n) is 10.8. The van der Waals surface area contributed by atoms with Crippen LogP contribution >= 0.6 is 0 Å². The highest BCUT2D eigenvalue weighted by atomic mass is 32.2. The minimum Gasteiger partial charge on any atom is -0.869 e. The summed E-state index contributed by atoms with van der Waals surface area (Å²) in [5.74, 6) is -1.07. The fraction of sp³-hybridized carbons (Fsp3) is 0.115. The minimum absolute atomic E-state index is 0.0509. The van der Waals surface area contributed by atoms with Gasteiger partial charge in [-0.25, -0.2) is 4.57 Å². The van der Waals surface area contributed by atoms with Crippen LogP contribution in [0.4, 0.5) is 0 Å². The van der Waals surface area contributed by atoms with E-state index in [9.17, 15) is 18.3 Å². The smallest absolute Gasteiger partial charge is 0.283 e. The molecule has 4 aromatic rings. The largest absolute Gasteiger partial charge is 0.869 e. The molecule has 8 heteroatoms. The van der Waals surface area contributed by atoms with Crippen molar-refractivity contribution in [2.45, 2.75) is 25.3 Å². The van der Waals surface area contributed by atoms with E-state index in [1.165, 1.54) is 18.2 Å². The van der Waals surface area contributed by atoms with Crippen LogP contribution in [0.1, 0.15) is 28.4 Å². The lowest BCUT2D eigenvalue weighted by molar-refractivity contribution is -0.668. The van der Waals surface area contributed by atoms with E-state index in [2.05, 4.69) is 4.40 Å². The molecule has 34 heavy (non-hydrogen) atoms. The molecule has 0 fully saturated rings. The van der Waals surface area contributed by atoms with Crippen molar-refractivity contribution < 1.29 is 22.9 Å². The van der Waals surface area contributed by atoms with Crippen molar-refractivity contribution in [1.82, 2.24) is 4.57 Å². The van der Waals surface area contributed by atoms with Crippen molar-refractivity contribution in [1.29, 1.82) is 0 Å². The van der Waals surface area contributed by atoms with Crippen LogP contribution in [-0.4, -0.2) is 24.5 Å². The van der Waals surface area contributed by atoms with Gasteiger partial charge in [0.15, 0.2) is 22.4 Å². The van der Waals surface area contributed by atoms with Gasteiger partial charge in [-0.15, -0.1) is 0 Å². The number of sulfonamides is 1. The Hall–Kier alpha value is -4.04. The van der Waals surface area contributed by atoms with Gasteiger partial charge in [0.2, 0.25) is 12.1 Å². The van der Waals surface area contributed by atoms with E-state index in [4.69, 9.17) is 0 Å². The van der Waals surface area contributed by atoms with Gasteiger partial charge in [0.1, 0.15) is 0 Å². The topological polar surface area (TPSA) is 95.4 Å². The van der Waals surface area contributed by atoms with Crippen LogP contribution in [0.2, 0.25) is 0 Å². The van der Waals surface area contributed by atoms with Gasteiger partial charge in [0.25, 0.3) is 10.0 Å². The van der Waals surface area contributed by atoms with E-state index in [-0.39, 0.29) is 21.7 Å². The SMILES string of the molecule is CC[n+]1cn(C2=C([O-])c3ccccc3C(=O)C2=NS(=O)(=O)c2ccc(C)cc2)c2ccccc21. The number of aryl methyl sites for hydroxylation is 2. The van der Waals surface area contributed by atoms with Gasteiger partial charge in [0.05, 0.1) is 11.4 Å². The molecular formula is C26H21N3O4S. The van der Waals surface area contributed by atoms with Gasteiger partial charge in [0, 0.05) is 5.56 Å². The highest BCUT2D eigenvalue weighted by Gasteiger charge is 2.35. The first-order valence-corrected chi connectivity index (χ1v) is 12.2. The lowest BCUT2D eigenvalue weighted by Crippen LogP contribution is -2.33. The maximum Gasteiger partial charge on any atom is 0.283 e. The van der Waals surface area contributed by atoms with Crippen LogP contribution in [0.3, 0.4) is 0 Å². The zero-order valence-corrected chi connectivity index (χ0v) is 19.4. The summed E-state index contributed by atoms with van der Waals surface area (Å²) in [6.07, 6.45) is 1.70. The van der Waals surface area contributed by atoms with Gasteiger partial charge in [-0.05, 0) is 49.4 Å². The normalized spacial score (nSPS) is 15.2. The molecule has 7 nitrogen and oxygen atoms in total. The molecule has 0 aliphatic heterocycles. The number of carbonyl (C=O) groups is 1. The molecule has 0 unspecified atom stereocenters. The zero-order valence-electron chi connectivity index (χ0n) is 18.6. The number of para-hydroxylation sites is 2. The van der Waals surface area contributed by atoms with Gasteiger partial charge in [-0.2, -0.15) is 17.4 Å². The predicted octanol–water partition coefficient (Wildman–Crippen LogP) is 2.97. The molecule has 0 saturated heterocycles. The first-order chi connectivity index (χ1) is 16.3. The molecule has 1 aliphatic rings. The molecule has 0 N–H and O–H groups in total. The Balaban J connectivity index is 1.83. The summed E-state index contributed by atoms with van der Waals surface area (Å²) in [6.45, 7) is 4.42. The van der Waals surface area contributed by atoms with E-state index in [0.29, 0.717) is 12.1 Å². The number of fused-ring (bicyclic) bond motifs is 2. The summed E-state index contributed by atoms with van der Waals surface area (Å²) < 4.78 is 33.8. The number of aromatic nitrogens is 2. The van der Waals surface area contributed by atoms with Gasteiger partial charge >= 0.3 is 0 Å². The average Bonchev–Trinajstić information content (AvgIpc) is 3.21. The van der Waals surface area contributed by atoms with Crippen LogP contribution in [-0.2, 0) is 16.6 Å². The zero-order chi connectivity index (χ0) is 24.0. The van der Waals surface area contributed by atoms with E-state index < -0.39 is 27.3 Å². The van der Waals surface area contributed by atoms with Gasteiger partial charge in [-0.3, -0.25) is 4.79 Å². The molecule has 0 bridgehead atoms. The van der Waals surface area contributed by atoms with E-state index in [0.717, 1.165) is 11.1 Å². The third-order valence-electron chi connectivity index (χ3n) is 5.89. The summed E-state index contributed by atoms with van der Waals surface area (Å²) in [7, 11) is -4.25.